The van der Waals surface area contributed by atoms with Gasteiger partial charge in [0.15, 0.2) is 10.8 Å². The van der Waals surface area contributed by atoms with E-state index in [-0.39, 0.29) is 23.8 Å². The summed E-state index contributed by atoms with van der Waals surface area (Å²) in [7, 11) is 0. The molecule has 0 atom stereocenters. The second kappa shape index (κ2) is 6.79. The maximum atomic E-state index is 12.8. The van der Waals surface area contributed by atoms with E-state index in [4.69, 9.17) is 17.0 Å². The van der Waals surface area contributed by atoms with Gasteiger partial charge in [-0.05, 0) is 31.3 Å². The van der Waals surface area contributed by atoms with Gasteiger partial charge in [0.05, 0.1) is 17.9 Å². The number of hydrazone groups is 1. The molecule has 1 amide bonds. The molecule has 0 spiro atoms. The van der Waals surface area contributed by atoms with Crippen molar-refractivity contribution in [2.75, 3.05) is 24.7 Å². The molecule has 1 fully saturated rings. The maximum absolute atomic E-state index is 12.8. The van der Waals surface area contributed by atoms with Crippen molar-refractivity contribution in [3.05, 3.63) is 42.1 Å². The van der Waals surface area contributed by atoms with Gasteiger partial charge in [-0.2, -0.15) is 10.1 Å². The second-order valence-corrected chi connectivity index (χ2v) is 5.48. The third kappa shape index (κ3) is 3.00. The summed E-state index contributed by atoms with van der Waals surface area (Å²) in [5.41, 5.74) is 0.735. The lowest BCUT2D eigenvalue weighted by Gasteiger charge is -2.13. The van der Waals surface area contributed by atoms with E-state index < -0.39 is 5.97 Å². The van der Waals surface area contributed by atoms with Crippen LogP contribution >= 0.6 is 12.2 Å². The molecule has 2 heterocycles. The van der Waals surface area contributed by atoms with E-state index in [0.717, 1.165) is 0 Å². The largest absolute Gasteiger partial charge is 0.461 e. The fourth-order valence-electron chi connectivity index (χ4n) is 2.39. The number of benzene rings is 1. The summed E-state index contributed by atoms with van der Waals surface area (Å²) >= 11 is 5.18. The van der Waals surface area contributed by atoms with Crippen molar-refractivity contribution >= 4 is 40.6 Å². The van der Waals surface area contributed by atoms with E-state index in [1.165, 1.54) is 5.01 Å². The van der Waals surface area contributed by atoms with Gasteiger partial charge in [-0.1, -0.05) is 18.2 Å². The van der Waals surface area contributed by atoms with Crippen LogP contribution in [0.4, 0.5) is 5.69 Å². The Morgan fingerprint density at radius 3 is 2.79 bits per heavy atom. The molecule has 0 aliphatic carbocycles. The Morgan fingerprint density at radius 2 is 2.17 bits per heavy atom. The summed E-state index contributed by atoms with van der Waals surface area (Å²) in [4.78, 5) is 26.7. The first-order valence-electron chi connectivity index (χ1n) is 7.53. The number of para-hydroxylation sites is 1. The molecule has 0 saturated carbocycles. The molecule has 1 N–H and O–H groups in total. The Labute approximate surface area is 144 Å². The van der Waals surface area contributed by atoms with E-state index in [1.54, 1.807) is 42.3 Å². The molecule has 7 nitrogen and oxygen atoms in total. The molecule has 0 bridgehead atoms. The van der Waals surface area contributed by atoms with Gasteiger partial charge in [0.25, 0.3) is 5.91 Å². The highest BCUT2D eigenvalue weighted by Crippen LogP contribution is 2.24. The van der Waals surface area contributed by atoms with Crippen molar-refractivity contribution in [2.24, 2.45) is 5.10 Å². The number of anilines is 1. The van der Waals surface area contributed by atoms with Crippen LogP contribution in [0.2, 0.25) is 0 Å². The number of esters is 1. The number of carbonyl (C=O) groups is 2. The first kappa shape index (κ1) is 16.1. The van der Waals surface area contributed by atoms with E-state index in [0.29, 0.717) is 23.9 Å². The molecule has 1 aromatic rings. The van der Waals surface area contributed by atoms with E-state index in [9.17, 15) is 9.59 Å². The van der Waals surface area contributed by atoms with Crippen LogP contribution in [-0.2, 0) is 14.3 Å². The summed E-state index contributed by atoms with van der Waals surface area (Å²) < 4.78 is 5.02. The predicted molar refractivity (Wildman–Crippen MR) is 93.4 cm³/mol. The van der Waals surface area contributed by atoms with Gasteiger partial charge in [0, 0.05) is 19.3 Å². The smallest absolute Gasteiger partial charge is 0.359 e. The SMILES string of the molecule is CCOC(=O)C1=NN(c2ccccc2)C(=O)/C1=C\N1CCNC1=S. The van der Waals surface area contributed by atoms with E-state index in [2.05, 4.69) is 10.4 Å². The Kier molecular flexibility index (Phi) is 4.57. The lowest BCUT2D eigenvalue weighted by atomic mass is 10.1. The average molecular weight is 344 g/mol. The van der Waals surface area contributed by atoms with Crippen LogP contribution in [0.5, 0.6) is 0 Å². The Hall–Kier alpha value is -2.74. The van der Waals surface area contributed by atoms with Crippen LogP contribution in [0.1, 0.15) is 6.92 Å². The minimum Gasteiger partial charge on any atom is -0.461 e. The van der Waals surface area contributed by atoms with Gasteiger partial charge in [-0.15, -0.1) is 0 Å². The molecule has 2 aliphatic heterocycles. The van der Waals surface area contributed by atoms with Gasteiger partial charge in [-0.25, -0.2) is 4.79 Å². The fraction of sp³-hybridized carbons (Fsp3) is 0.250. The molecular weight excluding hydrogens is 328 g/mol. The van der Waals surface area contributed by atoms with Gasteiger partial charge >= 0.3 is 5.97 Å². The summed E-state index contributed by atoms with van der Waals surface area (Å²) in [5.74, 6) is -1.02. The quantitative estimate of drug-likeness (QED) is 0.500. The van der Waals surface area contributed by atoms with Crippen molar-refractivity contribution in [3.8, 4) is 0 Å². The molecule has 24 heavy (non-hydrogen) atoms. The van der Waals surface area contributed by atoms with Crippen LogP contribution in [0.25, 0.3) is 0 Å². The maximum Gasteiger partial charge on any atom is 0.359 e. The summed E-state index contributed by atoms with van der Waals surface area (Å²) in [6.45, 7) is 3.21. The number of amides is 1. The van der Waals surface area contributed by atoms with Crippen LogP contribution in [0.3, 0.4) is 0 Å². The number of thiocarbonyl (C=S) groups is 1. The van der Waals surface area contributed by atoms with Crippen LogP contribution < -0.4 is 10.3 Å². The van der Waals surface area contributed by atoms with Gasteiger partial charge in [0.1, 0.15) is 0 Å². The minimum absolute atomic E-state index is 0.0135. The number of rotatable bonds is 4. The van der Waals surface area contributed by atoms with E-state index in [1.807, 2.05) is 6.07 Å². The molecule has 0 aromatic heterocycles. The molecule has 124 valence electrons. The van der Waals surface area contributed by atoms with E-state index >= 15 is 0 Å². The van der Waals surface area contributed by atoms with Crippen molar-refractivity contribution in [2.45, 2.75) is 6.92 Å². The highest BCUT2D eigenvalue weighted by molar-refractivity contribution is 7.80. The van der Waals surface area contributed by atoms with Gasteiger partial charge < -0.3 is 15.0 Å². The molecule has 3 rings (SSSR count). The number of carbonyl (C=O) groups excluding carboxylic acids is 2. The first-order valence-corrected chi connectivity index (χ1v) is 7.94. The number of nitrogens with zero attached hydrogens (tertiary/aromatic N) is 3. The molecular formula is C16H16N4O3S. The zero-order valence-corrected chi connectivity index (χ0v) is 13.9. The molecule has 0 unspecified atom stereocenters. The second-order valence-electron chi connectivity index (χ2n) is 5.09. The molecule has 8 heteroatoms. The van der Waals surface area contributed by atoms with Crippen LogP contribution in [0, 0.1) is 0 Å². The highest BCUT2D eigenvalue weighted by Gasteiger charge is 2.37. The van der Waals surface area contributed by atoms with Crippen LogP contribution in [0.15, 0.2) is 47.2 Å². The molecule has 1 saturated heterocycles. The summed E-state index contributed by atoms with van der Waals surface area (Å²) in [6, 6.07) is 8.92. The highest BCUT2D eigenvalue weighted by atomic mass is 32.1. The summed E-state index contributed by atoms with van der Waals surface area (Å²) in [6.07, 6.45) is 1.56. The van der Waals surface area contributed by atoms with Crippen LogP contribution in [-0.4, -0.2) is 47.3 Å². The number of hydrogen-bond acceptors (Lipinski definition) is 5. The molecule has 1 aromatic carbocycles. The minimum atomic E-state index is -0.631. The number of ether oxygens (including phenoxy) is 1. The monoisotopic (exact) mass is 344 g/mol. The predicted octanol–water partition coefficient (Wildman–Crippen LogP) is 1.03. The fourth-order valence-corrected chi connectivity index (χ4v) is 2.64. The zero-order chi connectivity index (χ0) is 17.1. The lowest BCUT2D eigenvalue weighted by molar-refractivity contribution is -0.135. The normalized spacial score (nSPS) is 18.9. The Balaban J connectivity index is 1.98. The third-order valence-electron chi connectivity index (χ3n) is 3.52. The van der Waals surface area contributed by atoms with Gasteiger partial charge in [0.2, 0.25) is 0 Å². The first-order chi connectivity index (χ1) is 11.6. The van der Waals surface area contributed by atoms with Gasteiger partial charge in [-0.3, -0.25) is 4.79 Å². The van der Waals surface area contributed by atoms with Crippen molar-refractivity contribution in [1.29, 1.82) is 0 Å². The average Bonchev–Trinajstić information content (AvgIpc) is 3.13. The Morgan fingerprint density at radius 1 is 1.42 bits per heavy atom. The lowest BCUT2D eigenvalue weighted by Crippen LogP contribution is -2.28. The Bertz CT molecular complexity index is 745. The zero-order valence-electron chi connectivity index (χ0n) is 13.1. The molecule has 0 radical (unpaired) electrons. The van der Waals surface area contributed by atoms with Crippen molar-refractivity contribution < 1.29 is 14.3 Å². The number of nitrogens with one attached hydrogen (secondary N) is 1. The standard InChI is InChI=1S/C16H16N4O3S/c1-2-23-15(22)13-12(10-19-9-8-17-16(19)24)14(21)20(18-13)11-6-4-3-5-7-11/h3-7,10H,2,8-9H2,1H3,(H,17,24)/b12-10-. The van der Waals surface area contributed by atoms with Crippen molar-refractivity contribution in [1.82, 2.24) is 10.2 Å². The van der Waals surface area contributed by atoms with Crippen molar-refractivity contribution in [3.63, 3.8) is 0 Å². The molecule has 2 aliphatic rings. The number of hydrogen-bond donors (Lipinski definition) is 1. The summed E-state index contributed by atoms with van der Waals surface area (Å²) in [5, 5.41) is 8.89. The topological polar surface area (TPSA) is 74.2 Å². The third-order valence-corrected chi connectivity index (χ3v) is 3.90.